The Labute approximate surface area is 67.1 Å². The van der Waals surface area contributed by atoms with Crippen molar-refractivity contribution >= 4 is 17.8 Å². The molecule has 0 aromatic rings. The standard InChI is InChI=1S/C8H12ClN/c1-4-6-8(9)7(3)10-5-2/h4-6H,1-3H3/b6-4+,8-7+,10-5-. The second-order valence-electron chi connectivity index (χ2n) is 1.82. The zero-order valence-electron chi connectivity index (χ0n) is 6.56. The zero-order chi connectivity index (χ0) is 7.98. The summed E-state index contributed by atoms with van der Waals surface area (Å²) >= 11 is 5.79. The molecule has 0 amide bonds. The minimum Gasteiger partial charge on any atom is -0.265 e. The first-order valence-electron chi connectivity index (χ1n) is 3.20. The smallest absolute Gasteiger partial charge is 0.0614 e. The van der Waals surface area contributed by atoms with E-state index in [0.717, 1.165) is 5.70 Å². The molecule has 0 heterocycles. The van der Waals surface area contributed by atoms with Crippen LogP contribution in [-0.2, 0) is 0 Å². The highest BCUT2D eigenvalue weighted by molar-refractivity contribution is 6.31. The quantitative estimate of drug-likeness (QED) is 0.432. The van der Waals surface area contributed by atoms with Crippen LogP contribution in [0.2, 0.25) is 0 Å². The summed E-state index contributed by atoms with van der Waals surface area (Å²) in [6.45, 7) is 5.66. The fourth-order valence-corrected chi connectivity index (χ4v) is 0.697. The molecule has 0 aromatic heterocycles. The summed E-state index contributed by atoms with van der Waals surface area (Å²) in [6.07, 6.45) is 5.43. The largest absolute Gasteiger partial charge is 0.265 e. The van der Waals surface area contributed by atoms with Gasteiger partial charge in [-0.25, -0.2) is 0 Å². The number of aliphatic imine (C=N–C) groups is 1. The molecule has 0 unspecified atom stereocenters. The lowest BCUT2D eigenvalue weighted by Gasteiger charge is -1.91. The van der Waals surface area contributed by atoms with Crippen LogP contribution in [0.3, 0.4) is 0 Å². The second kappa shape index (κ2) is 5.24. The molecule has 0 aliphatic heterocycles. The maximum absolute atomic E-state index is 5.79. The Morgan fingerprint density at radius 1 is 1.40 bits per heavy atom. The van der Waals surface area contributed by atoms with Crippen molar-refractivity contribution in [1.29, 1.82) is 0 Å². The summed E-state index contributed by atoms with van der Waals surface area (Å²) in [6, 6.07) is 0. The van der Waals surface area contributed by atoms with Crippen LogP contribution < -0.4 is 0 Å². The van der Waals surface area contributed by atoms with Gasteiger partial charge in [-0.2, -0.15) is 0 Å². The van der Waals surface area contributed by atoms with Gasteiger partial charge in [0.2, 0.25) is 0 Å². The van der Waals surface area contributed by atoms with E-state index < -0.39 is 0 Å². The Balaban J connectivity index is 4.33. The minimum atomic E-state index is 0.695. The summed E-state index contributed by atoms with van der Waals surface area (Å²) in [7, 11) is 0. The number of hydrogen-bond donors (Lipinski definition) is 0. The monoisotopic (exact) mass is 157 g/mol. The van der Waals surface area contributed by atoms with Crippen molar-refractivity contribution in [2.24, 2.45) is 4.99 Å². The molecule has 0 fully saturated rings. The van der Waals surface area contributed by atoms with Gasteiger partial charge in [-0.15, -0.1) is 0 Å². The zero-order valence-corrected chi connectivity index (χ0v) is 7.31. The molecule has 56 valence electrons. The molecular weight excluding hydrogens is 146 g/mol. The Bertz CT molecular complexity index is 158. The third-order valence-electron chi connectivity index (χ3n) is 0.981. The third kappa shape index (κ3) is 3.46. The van der Waals surface area contributed by atoms with Crippen molar-refractivity contribution < 1.29 is 0 Å². The first-order chi connectivity index (χ1) is 4.72. The molecule has 0 saturated heterocycles. The molecule has 0 aliphatic rings. The maximum Gasteiger partial charge on any atom is 0.0614 e. The Kier molecular flexibility index (Phi) is 4.95. The van der Waals surface area contributed by atoms with Crippen LogP contribution in [0.5, 0.6) is 0 Å². The average molecular weight is 158 g/mol. The molecule has 0 aliphatic carbocycles. The molecule has 0 aromatic carbocycles. The van der Waals surface area contributed by atoms with Crippen molar-refractivity contribution in [2.45, 2.75) is 20.8 Å². The molecule has 2 heteroatoms. The summed E-state index contributed by atoms with van der Waals surface area (Å²) < 4.78 is 0. The molecule has 0 saturated carbocycles. The molecule has 0 N–H and O–H groups in total. The molecule has 0 radical (unpaired) electrons. The van der Waals surface area contributed by atoms with Crippen molar-refractivity contribution in [1.82, 2.24) is 0 Å². The van der Waals surface area contributed by atoms with Gasteiger partial charge in [0, 0.05) is 6.21 Å². The predicted octanol–water partition coefficient (Wildman–Crippen LogP) is 3.12. The summed E-state index contributed by atoms with van der Waals surface area (Å²) in [4.78, 5) is 4.01. The number of halogens is 1. The van der Waals surface area contributed by atoms with E-state index in [-0.39, 0.29) is 0 Å². The minimum absolute atomic E-state index is 0.695. The predicted molar refractivity (Wildman–Crippen MR) is 47.5 cm³/mol. The van der Waals surface area contributed by atoms with Gasteiger partial charge >= 0.3 is 0 Å². The highest BCUT2D eigenvalue weighted by atomic mass is 35.5. The van der Waals surface area contributed by atoms with Crippen LogP contribution in [0.15, 0.2) is 27.9 Å². The highest BCUT2D eigenvalue weighted by Gasteiger charge is 1.89. The van der Waals surface area contributed by atoms with Gasteiger partial charge in [-0.1, -0.05) is 17.7 Å². The van der Waals surface area contributed by atoms with E-state index in [1.807, 2.05) is 32.9 Å². The third-order valence-corrected chi connectivity index (χ3v) is 1.38. The highest BCUT2D eigenvalue weighted by Crippen LogP contribution is 2.10. The number of hydrogen-bond acceptors (Lipinski definition) is 1. The lowest BCUT2D eigenvalue weighted by atomic mass is 10.4. The molecule has 0 spiro atoms. The van der Waals surface area contributed by atoms with Crippen LogP contribution in [0.1, 0.15) is 20.8 Å². The molecular formula is C8H12ClN. The Morgan fingerprint density at radius 2 is 2.00 bits per heavy atom. The second-order valence-corrected chi connectivity index (χ2v) is 2.23. The normalized spacial score (nSPS) is 14.8. The number of rotatable bonds is 2. The van der Waals surface area contributed by atoms with E-state index in [2.05, 4.69) is 4.99 Å². The van der Waals surface area contributed by atoms with Gasteiger partial charge in [0.1, 0.15) is 0 Å². The fourth-order valence-electron chi connectivity index (χ4n) is 0.522. The van der Waals surface area contributed by atoms with Crippen LogP contribution in [-0.4, -0.2) is 6.21 Å². The van der Waals surface area contributed by atoms with Crippen LogP contribution in [0.25, 0.3) is 0 Å². The first kappa shape index (κ1) is 9.44. The van der Waals surface area contributed by atoms with Gasteiger partial charge < -0.3 is 0 Å². The molecule has 1 nitrogen and oxygen atoms in total. The average Bonchev–Trinajstić information content (AvgIpc) is 1.89. The van der Waals surface area contributed by atoms with E-state index >= 15 is 0 Å². The van der Waals surface area contributed by atoms with Crippen LogP contribution >= 0.6 is 11.6 Å². The van der Waals surface area contributed by atoms with E-state index in [4.69, 9.17) is 11.6 Å². The van der Waals surface area contributed by atoms with E-state index in [1.165, 1.54) is 0 Å². The van der Waals surface area contributed by atoms with Gasteiger partial charge in [-0.05, 0) is 26.8 Å². The fraction of sp³-hybridized carbons (Fsp3) is 0.375. The van der Waals surface area contributed by atoms with Gasteiger partial charge in [0.15, 0.2) is 0 Å². The van der Waals surface area contributed by atoms with E-state index in [0.29, 0.717) is 5.03 Å². The Hall–Kier alpha value is -0.560. The van der Waals surface area contributed by atoms with Crippen LogP contribution in [0.4, 0.5) is 0 Å². The summed E-state index contributed by atoms with van der Waals surface area (Å²) in [5, 5.41) is 0.695. The summed E-state index contributed by atoms with van der Waals surface area (Å²) in [5.41, 5.74) is 0.849. The lowest BCUT2D eigenvalue weighted by molar-refractivity contribution is 1.30. The Morgan fingerprint density at radius 3 is 2.40 bits per heavy atom. The SMILES string of the molecule is C\C=N/C(C)=C(Cl)\C=C\C. The van der Waals surface area contributed by atoms with Crippen molar-refractivity contribution in [3.05, 3.63) is 22.9 Å². The topological polar surface area (TPSA) is 12.4 Å². The summed E-state index contributed by atoms with van der Waals surface area (Å²) in [5.74, 6) is 0. The number of nitrogens with zero attached hydrogens (tertiary/aromatic N) is 1. The molecule has 0 rings (SSSR count). The molecule has 0 bridgehead atoms. The van der Waals surface area contributed by atoms with Crippen molar-refractivity contribution in [3.8, 4) is 0 Å². The molecule has 10 heavy (non-hydrogen) atoms. The van der Waals surface area contributed by atoms with Gasteiger partial charge in [0.05, 0.1) is 10.7 Å². The van der Waals surface area contributed by atoms with Crippen molar-refractivity contribution in [2.75, 3.05) is 0 Å². The number of allylic oxidation sites excluding steroid dienone is 4. The van der Waals surface area contributed by atoms with E-state index in [1.54, 1.807) is 6.21 Å². The molecule has 0 atom stereocenters. The van der Waals surface area contributed by atoms with Gasteiger partial charge in [-0.3, -0.25) is 4.99 Å². The van der Waals surface area contributed by atoms with E-state index in [9.17, 15) is 0 Å². The van der Waals surface area contributed by atoms with Gasteiger partial charge in [0.25, 0.3) is 0 Å². The van der Waals surface area contributed by atoms with Crippen LogP contribution in [0, 0.1) is 0 Å². The lowest BCUT2D eigenvalue weighted by Crippen LogP contribution is -1.73. The first-order valence-corrected chi connectivity index (χ1v) is 3.58. The van der Waals surface area contributed by atoms with Crippen molar-refractivity contribution in [3.63, 3.8) is 0 Å². The maximum atomic E-state index is 5.79.